The maximum atomic E-state index is 13.7. The number of carboxylic acid groups (broad SMARTS) is 1. The molecule has 1 saturated heterocycles. The van der Waals surface area contributed by atoms with Crippen LogP contribution in [0, 0.1) is 11.6 Å². The Bertz CT molecular complexity index is 806. The van der Waals surface area contributed by atoms with E-state index in [0.717, 1.165) is 12.1 Å². The molecule has 1 aliphatic heterocycles. The number of halogens is 2. The summed E-state index contributed by atoms with van der Waals surface area (Å²) in [6, 6.07) is 2.34. The third-order valence-electron chi connectivity index (χ3n) is 4.16. The fourth-order valence-electron chi connectivity index (χ4n) is 2.92. The molecule has 1 aliphatic rings. The molecule has 3 rings (SSSR count). The summed E-state index contributed by atoms with van der Waals surface area (Å²) in [6.07, 6.45) is 2.65. The number of aliphatic carboxylic acids is 1. The van der Waals surface area contributed by atoms with Gasteiger partial charge in [0.1, 0.15) is 17.7 Å². The molecule has 0 aliphatic carbocycles. The summed E-state index contributed by atoms with van der Waals surface area (Å²) < 4.78 is 32.1. The van der Waals surface area contributed by atoms with Crippen molar-refractivity contribution in [2.45, 2.75) is 31.7 Å². The molecule has 1 atom stereocenters. The summed E-state index contributed by atoms with van der Waals surface area (Å²) in [4.78, 5) is 28.7. The Morgan fingerprint density at radius 3 is 2.88 bits per heavy atom. The van der Waals surface area contributed by atoms with Crippen LogP contribution in [-0.2, 0) is 16.0 Å². The van der Waals surface area contributed by atoms with E-state index in [1.54, 1.807) is 0 Å². The van der Waals surface area contributed by atoms with E-state index in [9.17, 15) is 18.4 Å². The highest BCUT2D eigenvalue weighted by Crippen LogP contribution is 2.25. The fourth-order valence-corrected chi connectivity index (χ4v) is 2.92. The van der Waals surface area contributed by atoms with Crippen LogP contribution in [0.3, 0.4) is 0 Å². The summed E-state index contributed by atoms with van der Waals surface area (Å²) in [5.74, 6) is -2.36. The van der Waals surface area contributed by atoms with Gasteiger partial charge in [-0.3, -0.25) is 4.79 Å². The van der Waals surface area contributed by atoms with E-state index in [1.165, 1.54) is 17.2 Å². The lowest BCUT2D eigenvalue weighted by Crippen LogP contribution is -2.40. The number of rotatable bonds is 5. The molecular weight excluding hydrogens is 334 g/mol. The summed E-state index contributed by atoms with van der Waals surface area (Å²) in [7, 11) is 0. The van der Waals surface area contributed by atoms with E-state index >= 15 is 0 Å². The van der Waals surface area contributed by atoms with Crippen molar-refractivity contribution in [3.05, 3.63) is 41.9 Å². The van der Waals surface area contributed by atoms with Gasteiger partial charge < -0.3 is 14.4 Å². The van der Waals surface area contributed by atoms with Gasteiger partial charge in [0, 0.05) is 25.5 Å². The molecule has 2 aromatic rings. The van der Waals surface area contributed by atoms with E-state index in [2.05, 4.69) is 4.98 Å². The number of likely N-dealkylation sites (tertiary alicyclic amines) is 1. The molecule has 1 amide bonds. The zero-order valence-corrected chi connectivity index (χ0v) is 13.2. The number of amides is 1. The highest BCUT2D eigenvalue weighted by molar-refractivity contribution is 5.84. The predicted molar refractivity (Wildman–Crippen MR) is 82.5 cm³/mol. The second-order valence-corrected chi connectivity index (χ2v) is 5.83. The van der Waals surface area contributed by atoms with Crippen molar-refractivity contribution in [3.63, 3.8) is 0 Å². The van der Waals surface area contributed by atoms with Gasteiger partial charge in [0.05, 0.1) is 11.8 Å². The van der Waals surface area contributed by atoms with Crippen LogP contribution in [0.2, 0.25) is 0 Å². The molecule has 0 spiro atoms. The van der Waals surface area contributed by atoms with Gasteiger partial charge in [0.15, 0.2) is 11.7 Å². The van der Waals surface area contributed by atoms with Crippen molar-refractivity contribution in [3.8, 4) is 11.3 Å². The predicted octanol–water partition coefficient (Wildman–Crippen LogP) is 2.63. The van der Waals surface area contributed by atoms with Gasteiger partial charge in [0.25, 0.3) is 0 Å². The van der Waals surface area contributed by atoms with E-state index in [0.29, 0.717) is 19.4 Å². The number of carboxylic acids is 1. The Morgan fingerprint density at radius 2 is 2.16 bits per heavy atom. The second kappa shape index (κ2) is 7.00. The zero-order chi connectivity index (χ0) is 18.0. The molecular formula is C17H16F2N2O4. The minimum atomic E-state index is -1.00. The number of nitrogens with zero attached hydrogens (tertiary/aromatic N) is 2. The molecule has 0 unspecified atom stereocenters. The molecule has 132 valence electrons. The maximum absolute atomic E-state index is 13.7. The number of hydrogen-bond donors (Lipinski definition) is 1. The van der Waals surface area contributed by atoms with Gasteiger partial charge in [0.2, 0.25) is 5.91 Å². The summed E-state index contributed by atoms with van der Waals surface area (Å²) >= 11 is 0. The van der Waals surface area contributed by atoms with Crippen LogP contribution in [0.5, 0.6) is 0 Å². The van der Waals surface area contributed by atoms with Gasteiger partial charge >= 0.3 is 5.97 Å². The first-order valence-corrected chi connectivity index (χ1v) is 7.88. The van der Waals surface area contributed by atoms with E-state index in [-0.39, 0.29) is 36.0 Å². The smallest absolute Gasteiger partial charge is 0.326 e. The highest BCUT2D eigenvalue weighted by Gasteiger charge is 2.33. The number of oxazole rings is 1. The van der Waals surface area contributed by atoms with Crippen LogP contribution in [0.25, 0.3) is 11.3 Å². The highest BCUT2D eigenvalue weighted by atomic mass is 19.1. The first-order valence-electron chi connectivity index (χ1n) is 7.88. The standard InChI is InChI=1S/C17H16F2N2O4/c18-10-3-4-11(12(19)8-10)14-9-20-15(25-14)5-6-16(22)21-7-1-2-13(21)17(23)24/h3-4,8-9,13H,1-2,5-7H2,(H,23,24)/t13-/m1/s1. The second-order valence-electron chi connectivity index (χ2n) is 5.83. The lowest BCUT2D eigenvalue weighted by atomic mass is 10.2. The first kappa shape index (κ1) is 17.1. The molecule has 2 heterocycles. The lowest BCUT2D eigenvalue weighted by Gasteiger charge is -2.20. The lowest BCUT2D eigenvalue weighted by molar-refractivity contribution is -0.148. The molecule has 6 nitrogen and oxygen atoms in total. The van der Waals surface area contributed by atoms with Crippen LogP contribution in [-0.4, -0.2) is 39.5 Å². The minimum Gasteiger partial charge on any atom is -0.480 e. The quantitative estimate of drug-likeness (QED) is 0.896. The summed E-state index contributed by atoms with van der Waals surface area (Å²) in [5.41, 5.74) is 0.0805. The largest absolute Gasteiger partial charge is 0.480 e. The summed E-state index contributed by atoms with van der Waals surface area (Å²) in [6.45, 7) is 0.424. The van der Waals surface area contributed by atoms with Crippen molar-refractivity contribution in [2.24, 2.45) is 0 Å². The molecule has 0 bridgehead atoms. The molecule has 8 heteroatoms. The molecule has 0 radical (unpaired) electrons. The number of aryl methyl sites for hydroxylation is 1. The number of aromatic nitrogens is 1. The normalized spacial score (nSPS) is 17.0. The minimum absolute atomic E-state index is 0.0512. The van der Waals surface area contributed by atoms with Crippen LogP contribution in [0.15, 0.2) is 28.8 Å². The zero-order valence-electron chi connectivity index (χ0n) is 13.2. The van der Waals surface area contributed by atoms with E-state index in [1.807, 2.05) is 0 Å². The Morgan fingerprint density at radius 1 is 1.36 bits per heavy atom. The monoisotopic (exact) mass is 350 g/mol. The van der Waals surface area contributed by atoms with Gasteiger partial charge in [-0.1, -0.05) is 0 Å². The van der Waals surface area contributed by atoms with Crippen molar-refractivity contribution >= 4 is 11.9 Å². The average molecular weight is 350 g/mol. The number of benzene rings is 1. The van der Waals surface area contributed by atoms with Crippen LogP contribution in [0.1, 0.15) is 25.2 Å². The Hall–Kier alpha value is -2.77. The molecule has 25 heavy (non-hydrogen) atoms. The number of carbonyl (C=O) groups excluding carboxylic acids is 1. The van der Waals surface area contributed by atoms with Crippen LogP contribution < -0.4 is 0 Å². The maximum Gasteiger partial charge on any atom is 0.326 e. The average Bonchev–Trinajstić information content (AvgIpc) is 3.22. The third-order valence-corrected chi connectivity index (χ3v) is 4.16. The van der Waals surface area contributed by atoms with Crippen molar-refractivity contribution in [1.29, 1.82) is 0 Å². The third kappa shape index (κ3) is 3.67. The SMILES string of the molecule is O=C(O)[C@H]1CCCN1C(=O)CCc1ncc(-c2ccc(F)cc2F)o1. The first-order chi connectivity index (χ1) is 12.0. The van der Waals surface area contributed by atoms with Crippen molar-refractivity contribution in [2.75, 3.05) is 6.54 Å². The Kier molecular flexibility index (Phi) is 4.78. The molecule has 1 N–H and O–H groups in total. The topological polar surface area (TPSA) is 83.6 Å². The summed E-state index contributed by atoms with van der Waals surface area (Å²) in [5, 5.41) is 9.11. The Balaban J connectivity index is 1.64. The van der Waals surface area contributed by atoms with Crippen LogP contribution >= 0.6 is 0 Å². The van der Waals surface area contributed by atoms with Crippen molar-refractivity contribution < 1.29 is 27.9 Å². The fraction of sp³-hybridized carbons (Fsp3) is 0.353. The number of carbonyl (C=O) groups is 2. The van der Waals surface area contributed by atoms with Gasteiger partial charge in [-0.2, -0.15) is 0 Å². The van der Waals surface area contributed by atoms with E-state index in [4.69, 9.17) is 9.52 Å². The van der Waals surface area contributed by atoms with Crippen molar-refractivity contribution in [1.82, 2.24) is 9.88 Å². The molecule has 1 aromatic carbocycles. The molecule has 1 aromatic heterocycles. The van der Waals surface area contributed by atoms with Gasteiger partial charge in [-0.15, -0.1) is 0 Å². The number of hydrogen-bond acceptors (Lipinski definition) is 4. The van der Waals surface area contributed by atoms with Gasteiger partial charge in [-0.05, 0) is 25.0 Å². The molecule has 0 saturated carbocycles. The van der Waals surface area contributed by atoms with Gasteiger partial charge in [-0.25, -0.2) is 18.6 Å². The van der Waals surface area contributed by atoms with E-state index < -0.39 is 23.6 Å². The Labute approximate surface area is 142 Å². The molecule has 1 fully saturated rings. The van der Waals surface area contributed by atoms with Crippen LogP contribution in [0.4, 0.5) is 8.78 Å².